The van der Waals surface area contributed by atoms with Crippen LogP contribution >= 0.6 is 0 Å². The standard InChI is InChI=1S/C26H26FN7/c1-16-3-2-4-20(24(16)27)31-22-13-18(7-8-30-22)25-32-21-15-29-14-19(17-5-6-17)23(21)26(33-25)34-11-9-28-10-12-34/h2-4,7-8,13-15,17,28H,5-6,9-12H2,1H3,(H,30,31). The largest absolute Gasteiger partial charge is 0.353 e. The summed E-state index contributed by atoms with van der Waals surface area (Å²) in [5, 5.41) is 7.64. The van der Waals surface area contributed by atoms with Gasteiger partial charge in [-0.3, -0.25) is 4.98 Å². The van der Waals surface area contributed by atoms with E-state index in [1.165, 1.54) is 18.4 Å². The molecule has 2 N–H and O–H groups in total. The van der Waals surface area contributed by atoms with Gasteiger partial charge in [0, 0.05) is 49.5 Å². The zero-order valence-corrected chi connectivity index (χ0v) is 19.1. The van der Waals surface area contributed by atoms with Gasteiger partial charge in [-0.15, -0.1) is 0 Å². The van der Waals surface area contributed by atoms with E-state index < -0.39 is 0 Å². The molecular formula is C26H26FN7. The average Bonchev–Trinajstić information content (AvgIpc) is 3.72. The Labute approximate surface area is 197 Å². The van der Waals surface area contributed by atoms with Gasteiger partial charge in [-0.05, 0) is 55.0 Å². The van der Waals surface area contributed by atoms with Crippen molar-refractivity contribution < 1.29 is 4.39 Å². The van der Waals surface area contributed by atoms with E-state index in [0.717, 1.165) is 48.5 Å². The Bertz CT molecular complexity index is 1360. The highest BCUT2D eigenvalue weighted by atomic mass is 19.1. The lowest BCUT2D eigenvalue weighted by Crippen LogP contribution is -2.44. The fourth-order valence-corrected chi connectivity index (χ4v) is 4.55. The molecule has 0 bridgehead atoms. The third-order valence-corrected chi connectivity index (χ3v) is 6.52. The Morgan fingerprint density at radius 2 is 1.94 bits per heavy atom. The summed E-state index contributed by atoms with van der Waals surface area (Å²) < 4.78 is 14.5. The Hall–Kier alpha value is -3.65. The van der Waals surface area contributed by atoms with Crippen molar-refractivity contribution in [2.45, 2.75) is 25.7 Å². The average molecular weight is 456 g/mol. The molecule has 6 rings (SSSR count). The van der Waals surface area contributed by atoms with E-state index >= 15 is 0 Å². The van der Waals surface area contributed by atoms with Gasteiger partial charge in [-0.1, -0.05) is 12.1 Å². The van der Waals surface area contributed by atoms with Crippen molar-refractivity contribution in [1.82, 2.24) is 25.3 Å². The van der Waals surface area contributed by atoms with Gasteiger partial charge in [0.15, 0.2) is 5.82 Å². The normalized spacial score (nSPS) is 16.1. The molecule has 172 valence electrons. The number of piperazine rings is 1. The van der Waals surface area contributed by atoms with Crippen LogP contribution in [0.3, 0.4) is 0 Å². The molecule has 1 aliphatic heterocycles. The fourth-order valence-electron chi connectivity index (χ4n) is 4.55. The van der Waals surface area contributed by atoms with E-state index in [0.29, 0.717) is 28.8 Å². The molecule has 0 unspecified atom stereocenters. The summed E-state index contributed by atoms with van der Waals surface area (Å²) in [4.78, 5) is 21.2. The quantitative estimate of drug-likeness (QED) is 0.457. The van der Waals surface area contributed by atoms with E-state index in [1.807, 2.05) is 30.6 Å². The number of rotatable bonds is 5. The summed E-state index contributed by atoms with van der Waals surface area (Å²) in [5.41, 5.74) is 3.91. The van der Waals surface area contributed by atoms with E-state index in [-0.39, 0.29) is 5.82 Å². The highest BCUT2D eigenvalue weighted by Gasteiger charge is 2.29. The van der Waals surface area contributed by atoms with Crippen LogP contribution < -0.4 is 15.5 Å². The van der Waals surface area contributed by atoms with Crippen LogP contribution in [0.25, 0.3) is 22.3 Å². The molecule has 1 aromatic carbocycles. The predicted molar refractivity (Wildman–Crippen MR) is 132 cm³/mol. The van der Waals surface area contributed by atoms with Crippen LogP contribution in [0.5, 0.6) is 0 Å². The molecule has 34 heavy (non-hydrogen) atoms. The molecule has 0 spiro atoms. The lowest BCUT2D eigenvalue weighted by Gasteiger charge is -2.30. The fraction of sp³-hybridized carbons (Fsp3) is 0.308. The zero-order chi connectivity index (χ0) is 23.1. The first-order valence-corrected chi connectivity index (χ1v) is 11.8. The predicted octanol–water partition coefficient (Wildman–Crippen LogP) is 4.56. The number of hydrogen-bond donors (Lipinski definition) is 2. The number of nitrogens with one attached hydrogen (secondary N) is 2. The van der Waals surface area contributed by atoms with Crippen molar-refractivity contribution >= 4 is 28.2 Å². The first kappa shape index (κ1) is 20.9. The van der Waals surface area contributed by atoms with Gasteiger partial charge in [0.25, 0.3) is 0 Å². The van der Waals surface area contributed by atoms with Gasteiger partial charge in [0.2, 0.25) is 0 Å². The molecule has 0 radical (unpaired) electrons. The molecule has 7 nitrogen and oxygen atoms in total. The minimum Gasteiger partial charge on any atom is -0.353 e. The van der Waals surface area contributed by atoms with Crippen molar-refractivity contribution in [1.29, 1.82) is 0 Å². The minimum absolute atomic E-state index is 0.281. The third-order valence-electron chi connectivity index (χ3n) is 6.52. The molecular weight excluding hydrogens is 429 g/mol. The summed E-state index contributed by atoms with van der Waals surface area (Å²) >= 11 is 0. The number of pyridine rings is 2. The molecule has 1 saturated carbocycles. The van der Waals surface area contributed by atoms with E-state index in [4.69, 9.17) is 9.97 Å². The number of nitrogens with zero attached hydrogens (tertiary/aromatic N) is 5. The van der Waals surface area contributed by atoms with Gasteiger partial charge in [0.1, 0.15) is 17.5 Å². The first-order valence-electron chi connectivity index (χ1n) is 11.8. The third kappa shape index (κ3) is 3.94. The van der Waals surface area contributed by atoms with Crippen molar-refractivity contribution in [3.05, 3.63) is 65.9 Å². The SMILES string of the molecule is Cc1cccc(Nc2cc(-c3nc(N4CCNCC4)c4c(C5CC5)cncc4n3)ccn2)c1F. The molecule has 1 saturated heterocycles. The van der Waals surface area contributed by atoms with Crippen LogP contribution in [-0.2, 0) is 0 Å². The zero-order valence-electron chi connectivity index (χ0n) is 19.1. The van der Waals surface area contributed by atoms with E-state index in [1.54, 1.807) is 25.3 Å². The van der Waals surface area contributed by atoms with Crippen molar-refractivity contribution in [2.75, 3.05) is 36.4 Å². The minimum atomic E-state index is -0.281. The Balaban J connectivity index is 1.44. The lowest BCUT2D eigenvalue weighted by atomic mass is 10.1. The summed E-state index contributed by atoms with van der Waals surface area (Å²) in [6.45, 7) is 5.39. The van der Waals surface area contributed by atoms with Crippen LogP contribution in [0.2, 0.25) is 0 Å². The lowest BCUT2D eigenvalue weighted by molar-refractivity contribution is 0.586. The summed E-state index contributed by atoms with van der Waals surface area (Å²) in [7, 11) is 0. The van der Waals surface area contributed by atoms with Crippen LogP contribution in [0.4, 0.5) is 21.7 Å². The van der Waals surface area contributed by atoms with Crippen LogP contribution in [0, 0.1) is 12.7 Å². The Morgan fingerprint density at radius 1 is 1.09 bits per heavy atom. The Morgan fingerprint density at radius 3 is 2.76 bits per heavy atom. The van der Waals surface area contributed by atoms with E-state index in [2.05, 4.69) is 25.5 Å². The molecule has 2 aliphatic rings. The highest BCUT2D eigenvalue weighted by molar-refractivity contribution is 5.94. The number of benzene rings is 1. The maximum atomic E-state index is 14.5. The molecule has 1 aliphatic carbocycles. The summed E-state index contributed by atoms with van der Waals surface area (Å²) in [5.74, 6) is 2.40. The van der Waals surface area contributed by atoms with Gasteiger partial charge < -0.3 is 15.5 Å². The summed E-state index contributed by atoms with van der Waals surface area (Å²) in [6, 6.07) is 9.02. The molecule has 0 atom stereocenters. The molecule has 0 amide bonds. The van der Waals surface area contributed by atoms with Gasteiger partial charge >= 0.3 is 0 Å². The highest BCUT2D eigenvalue weighted by Crippen LogP contribution is 2.44. The van der Waals surface area contributed by atoms with Crippen LogP contribution in [0.15, 0.2) is 48.9 Å². The maximum Gasteiger partial charge on any atom is 0.162 e. The van der Waals surface area contributed by atoms with Crippen LogP contribution in [-0.4, -0.2) is 46.1 Å². The number of aryl methyl sites for hydroxylation is 1. The second kappa shape index (κ2) is 8.61. The number of anilines is 3. The van der Waals surface area contributed by atoms with E-state index in [9.17, 15) is 4.39 Å². The monoisotopic (exact) mass is 455 g/mol. The summed E-state index contributed by atoms with van der Waals surface area (Å²) in [6.07, 6.45) is 7.90. The van der Waals surface area contributed by atoms with Crippen LogP contribution in [0.1, 0.15) is 29.9 Å². The van der Waals surface area contributed by atoms with Crippen molar-refractivity contribution in [2.24, 2.45) is 0 Å². The number of aromatic nitrogens is 4. The molecule has 4 heterocycles. The van der Waals surface area contributed by atoms with Gasteiger partial charge in [0.05, 0.1) is 17.4 Å². The molecule has 3 aromatic heterocycles. The van der Waals surface area contributed by atoms with Crippen molar-refractivity contribution in [3.63, 3.8) is 0 Å². The molecule has 2 fully saturated rings. The Kier molecular flexibility index (Phi) is 5.30. The van der Waals surface area contributed by atoms with Crippen molar-refractivity contribution in [3.8, 4) is 11.4 Å². The van der Waals surface area contributed by atoms with Gasteiger partial charge in [-0.2, -0.15) is 0 Å². The topological polar surface area (TPSA) is 78.9 Å². The van der Waals surface area contributed by atoms with Gasteiger partial charge in [-0.25, -0.2) is 19.3 Å². The number of fused-ring (bicyclic) bond motifs is 1. The number of halogens is 1. The second-order valence-corrected chi connectivity index (χ2v) is 9.00. The smallest absolute Gasteiger partial charge is 0.162 e. The first-order chi connectivity index (χ1) is 16.7. The molecule has 4 aromatic rings. The second-order valence-electron chi connectivity index (χ2n) is 9.00. The number of hydrogen-bond acceptors (Lipinski definition) is 7. The maximum absolute atomic E-state index is 14.5. The molecule has 8 heteroatoms.